The first-order chi connectivity index (χ1) is 14.1. The predicted molar refractivity (Wildman–Crippen MR) is 120 cm³/mol. The topological polar surface area (TPSA) is 34.1 Å². The Labute approximate surface area is 178 Å². The molecule has 0 saturated heterocycles. The van der Waals surface area contributed by atoms with E-state index in [1.807, 2.05) is 73.7 Å². The minimum atomic E-state index is -0.110. The second-order valence-corrected chi connectivity index (χ2v) is 8.78. The summed E-state index contributed by atoms with van der Waals surface area (Å²) in [5, 5.41) is 0. The molecule has 0 aliphatic heterocycles. The van der Waals surface area contributed by atoms with Crippen LogP contribution in [0.2, 0.25) is 0 Å². The van der Waals surface area contributed by atoms with Crippen molar-refractivity contribution >= 4 is 35.1 Å². The molecule has 3 aromatic carbocycles. The monoisotopic (exact) mass is 414 g/mol. The van der Waals surface area contributed by atoms with Crippen LogP contribution in [-0.2, 0) is 0 Å². The molecular formula is C25H18O2S2. The Balaban J connectivity index is 1.80. The molecule has 0 spiro atoms. The first-order valence-corrected chi connectivity index (χ1v) is 10.8. The molecule has 0 heterocycles. The molecule has 0 unspecified atom stereocenters. The summed E-state index contributed by atoms with van der Waals surface area (Å²) in [4.78, 5) is 30.2. The SMILES string of the molecule is C=C(/C=C\C)Sc1cccc2c1C(=O)c1cccc(Sc3ccccc3)c1C2=O. The minimum absolute atomic E-state index is 0.104. The molecule has 1 aliphatic rings. The molecule has 3 aromatic rings. The van der Waals surface area contributed by atoms with Crippen LogP contribution in [0.5, 0.6) is 0 Å². The lowest BCUT2D eigenvalue weighted by Gasteiger charge is -2.22. The molecule has 0 atom stereocenters. The van der Waals surface area contributed by atoms with Gasteiger partial charge in [-0.05, 0) is 31.2 Å². The quantitative estimate of drug-likeness (QED) is 0.266. The smallest absolute Gasteiger partial charge is 0.195 e. The van der Waals surface area contributed by atoms with Gasteiger partial charge in [-0.25, -0.2) is 0 Å². The normalized spacial score (nSPS) is 12.7. The lowest BCUT2D eigenvalue weighted by Crippen LogP contribution is -2.22. The molecular weight excluding hydrogens is 396 g/mol. The van der Waals surface area contributed by atoms with Crippen molar-refractivity contribution in [2.24, 2.45) is 0 Å². The van der Waals surface area contributed by atoms with Gasteiger partial charge in [0.2, 0.25) is 0 Å². The third-order valence-corrected chi connectivity index (χ3v) is 6.59. The molecule has 0 aromatic heterocycles. The van der Waals surface area contributed by atoms with E-state index in [0.717, 1.165) is 19.6 Å². The molecule has 0 radical (unpaired) electrons. The summed E-state index contributed by atoms with van der Waals surface area (Å²) in [5.74, 6) is -0.214. The maximum atomic E-state index is 13.4. The van der Waals surface area contributed by atoms with Crippen molar-refractivity contribution in [3.8, 4) is 0 Å². The van der Waals surface area contributed by atoms with Crippen molar-refractivity contribution in [3.05, 3.63) is 113 Å². The number of carbonyl (C=O) groups excluding carboxylic acids is 2. The van der Waals surface area contributed by atoms with Crippen LogP contribution in [0, 0.1) is 0 Å². The van der Waals surface area contributed by atoms with Gasteiger partial charge in [-0.1, -0.05) is 84.7 Å². The number of hydrogen-bond donors (Lipinski definition) is 0. The number of carbonyl (C=O) groups is 2. The van der Waals surface area contributed by atoms with Gasteiger partial charge in [0.05, 0.1) is 0 Å². The van der Waals surface area contributed by atoms with E-state index >= 15 is 0 Å². The predicted octanol–water partition coefficient (Wildman–Crippen LogP) is 6.80. The van der Waals surface area contributed by atoms with Crippen LogP contribution in [0.4, 0.5) is 0 Å². The fraction of sp³-hybridized carbons (Fsp3) is 0.0400. The van der Waals surface area contributed by atoms with E-state index in [0.29, 0.717) is 22.3 Å². The molecule has 142 valence electrons. The maximum Gasteiger partial charge on any atom is 0.195 e. The zero-order chi connectivity index (χ0) is 20.4. The molecule has 1 aliphatic carbocycles. The first-order valence-electron chi connectivity index (χ1n) is 9.18. The summed E-state index contributed by atoms with van der Waals surface area (Å²) < 4.78 is 0. The summed E-state index contributed by atoms with van der Waals surface area (Å²) >= 11 is 2.91. The van der Waals surface area contributed by atoms with E-state index in [2.05, 4.69) is 6.58 Å². The van der Waals surface area contributed by atoms with Gasteiger partial charge >= 0.3 is 0 Å². The third kappa shape index (κ3) is 3.74. The number of allylic oxidation sites excluding steroid dienone is 2. The molecule has 0 bridgehead atoms. The fourth-order valence-electron chi connectivity index (χ4n) is 3.33. The van der Waals surface area contributed by atoms with Gasteiger partial charge in [0, 0.05) is 41.8 Å². The summed E-state index contributed by atoms with van der Waals surface area (Å²) in [6, 6.07) is 20.8. The zero-order valence-electron chi connectivity index (χ0n) is 15.8. The van der Waals surface area contributed by atoms with Crippen LogP contribution in [0.25, 0.3) is 0 Å². The Bertz CT molecular complexity index is 1160. The molecule has 4 heteroatoms. The first kappa shape index (κ1) is 19.5. The van der Waals surface area contributed by atoms with Crippen molar-refractivity contribution in [2.45, 2.75) is 21.6 Å². The Kier molecular flexibility index (Phi) is 5.56. The van der Waals surface area contributed by atoms with E-state index in [1.54, 1.807) is 12.1 Å². The molecule has 29 heavy (non-hydrogen) atoms. The van der Waals surface area contributed by atoms with Crippen LogP contribution < -0.4 is 0 Å². The number of fused-ring (bicyclic) bond motifs is 2. The average Bonchev–Trinajstić information content (AvgIpc) is 2.73. The van der Waals surface area contributed by atoms with Crippen LogP contribution in [0.3, 0.4) is 0 Å². The Hall–Kier alpha value is -2.82. The van der Waals surface area contributed by atoms with Gasteiger partial charge < -0.3 is 0 Å². The largest absolute Gasteiger partial charge is 0.289 e. The highest BCUT2D eigenvalue weighted by Crippen LogP contribution is 2.40. The second-order valence-electron chi connectivity index (χ2n) is 6.50. The molecule has 4 rings (SSSR count). The molecule has 0 N–H and O–H groups in total. The molecule has 0 amide bonds. The summed E-state index contributed by atoms with van der Waals surface area (Å²) in [6.45, 7) is 5.93. The zero-order valence-corrected chi connectivity index (χ0v) is 17.5. The molecule has 0 saturated carbocycles. The van der Waals surface area contributed by atoms with Crippen molar-refractivity contribution in [2.75, 3.05) is 0 Å². The Morgan fingerprint density at radius 3 is 2.00 bits per heavy atom. The molecule has 0 fully saturated rings. The lowest BCUT2D eigenvalue weighted by molar-refractivity contribution is 0.0974. The van der Waals surface area contributed by atoms with Crippen LogP contribution in [-0.4, -0.2) is 11.6 Å². The fourth-order valence-corrected chi connectivity index (χ4v) is 5.26. The number of ketones is 2. The lowest BCUT2D eigenvalue weighted by atomic mass is 9.84. The van der Waals surface area contributed by atoms with Crippen LogP contribution >= 0.6 is 23.5 Å². The summed E-state index contributed by atoms with van der Waals surface area (Å²) in [7, 11) is 0. The van der Waals surface area contributed by atoms with E-state index in [1.165, 1.54) is 23.5 Å². The average molecular weight is 415 g/mol. The minimum Gasteiger partial charge on any atom is -0.289 e. The van der Waals surface area contributed by atoms with Gasteiger partial charge in [0.15, 0.2) is 11.6 Å². The van der Waals surface area contributed by atoms with Crippen molar-refractivity contribution in [1.82, 2.24) is 0 Å². The summed E-state index contributed by atoms with van der Waals surface area (Å²) in [6.07, 6.45) is 3.79. The maximum absolute atomic E-state index is 13.4. The highest BCUT2D eigenvalue weighted by Gasteiger charge is 2.33. The van der Waals surface area contributed by atoms with Gasteiger partial charge in [-0.15, -0.1) is 0 Å². The molecule has 2 nitrogen and oxygen atoms in total. The van der Waals surface area contributed by atoms with E-state index in [-0.39, 0.29) is 11.6 Å². The number of benzene rings is 3. The van der Waals surface area contributed by atoms with Crippen LogP contribution in [0.1, 0.15) is 38.8 Å². The van der Waals surface area contributed by atoms with Crippen LogP contribution in [0.15, 0.2) is 105 Å². The standard InChI is InChI=1S/C25H18O2S2/c1-3-9-16(2)28-20-14-7-12-18-22(20)24(26)19-13-8-15-21(23(19)25(18)27)29-17-10-5-4-6-11-17/h3-15H,2H2,1H3/b9-3-. The van der Waals surface area contributed by atoms with Crippen molar-refractivity contribution in [1.29, 1.82) is 0 Å². The van der Waals surface area contributed by atoms with Gasteiger partial charge in [-0.2, -0.15) is 0 Å². The van der Waals surface area contributed by atoms with Gasteiger partial charge in [0.1, 0.15) is 0 Å². The van der Waals surface area contributed by atoms with Gasteiger partial charge in [0.25, 0.3) is 0 Å². The third-order valence-electron chi connectivity index (χ3n) is 4.56. The van der Waals surface area contributed by atoms with Crippen molar-refractivity contribution < 1.29 is 9.59 Å². The van der Waals surface area contributed by atoms with Crippen molar-refractivity contribution in [3.63, 3.8) is 0 Å². The number of rotatable bonds is 5. The highest BCUT2D eigenvalue weighted by atomic mass is 32.2. The van der Waals surface area contributed by atoms with E-state index in [9.17, 15) is 9.59 Å². The van der Waals surface area contributed by atoms with Gasteiger partial charge in [-0.3, -0.25) is 9.59 Å². The number of hydrogen-bond acceptors (Lipinski definition) is 4. The van der Waals surface area contributed by atoms with E-state index < -0.39 is 0 Å². The highest BCUT2D eigenvalue weighted by molar-refractivity contribution is 8.03. The second kappa shape index (κ2) is 8.27. The summed E-state index contributed by atoms with van der Waals surface area (Å²) in [5.41, 5.74) is 1.89. The number of thioether (sulfide) groups is 1. The Morgan fingerprint density at radius 1 is 0.793 bits per heavy atom. The van der Waals surface area contributed by atoms with E-state index in [4.69, 9.17) is 0 Å². The Morgan fingerprint density at radius 2 is 1.38 bits per heavy atom.